The summed E-state index contributed by atoms with van der Waals surface area (Å²) in [6.07, 6.45) is 1.46. The Morgan fingerprint density at radius 2 is 1.90 bits per heavy atom. The van der Waals surface area contributed by atoms with Gasteiger partial charge in [-0.25, -0.2) is 8.78 Å². The number of halogens is 2. The lowest BCUT2D eigenvalue weighted by atomic mass is 9.90. The maximum absolute atomic E-state index is 16.9. The molecule has 10 nitrogen and oxygen atoms in total. The highest BCUT2D eigenvalue weighted by molar-refractivity contribution is 6.05. The van der Waals surface area contributed by atoms with Gasteiger partial charge in [0.05, 0.1) is 37.2 Å². The number of aromatic nitrogens is 2. The van der Waals surface area contributed by atoms with Crippen LogP contribution in [0, 0.1) is 23.0 Å². The molecule has 3 aliphatic rings. The van der Waals surface area contributed by atoms with E-state index in [1.54, 1.807) is 6.92 Å². The summed E-state index contributed by atoms with van der Waals surface area (Å²) >= 11 is 0. The van der Waals surface area contributed by atoms with E-state index in [0.717, 1.165) is 31.5 Å². The van der Waals surface area contributed by atoms with Gasteiger partial charge in [-0.15, -0.1) is 0 Å². The van der Waals surface area contributed by atoms with Crippen LogP contribution in [0.3, 0.4) is 0 Å². The number of furan rings is 1. The third-order valence-electron chi connectivity index (χ3n) is 8.46. The fourth-order valence-electron chi connectivity index (χ4n) is 6.92. The van der Waals surface area contributed by atoms with Crippen LogP contribution in [0.25, 0.3) is 33.0 Å². The molecule has 212 valence electrons. The van der Waals surface area contributed by atoms with Crippen LogP contribution in [0.4, 0.5) is 20.5 Å². The number of piperazine rings is 1. The summed E-state index contributed by atoms with van der Waals surface area (Å²) in [7, 11) is 1.44. The summed E-state index contributed by atoms with van der Waals surface area (Å²) in [6, 6.07) is 4.84. The highest BCUT2D eigenvalue weighted by Gasteiger charge is 2.43. The highest BCUT2D eigenvalue weighted by atomic mass is 19.1. The number of ether oxygens (including phenoxy) is 2. The molecule has 5 heterocycles. The second kappa shape index (κ2) is 9.51. The number of hydrogen-bond acceptors (Lipinski definition) is 10. The van der Waals surface area contributed by atoms with E-state index >= 15 is 4.39 Å². The number of likely N-dealkylation sites (tertiary alicyclic amines) is 1. The average molecular weight is 563 g/mol. The molecule has 2 aromatic heterocycles. The van der Waals surface area contributed by atoms with Crippen LogP contribution in [-0.2, 0) is 18.0 Å². The Kier molecular flexibility index (Phi) is 6.01. The van der Waals surface area contributed by atoms with Crippen molar-refractivity contribution in [3.8, 4) is 23.2 Å². The molecule has 3 N–H and O–H groups in total. The Labute approximate surface area is 233 Å². The third-order valence-corrected chi connectivity index (χ3v) is 8.46. The normalized spacial score (nSPS) is 21.0. The summed E-state index contributed by atoms with van der Waals surface area (Å²) in [4.78, 5) is 13.7. The van der Waals surface area contributed by atoms with E-state index in [1.807, 2.05) is 6.07 Å². The number of aliphatic hydroxyl groups is 1. The first kappa shape index (κ1) is 25.9. The molecular weight excluding hydrogens is 534 g/mol. The molecule has 7 rings (SSSR count). The molecule has 12 heteroatoms. The Morgan fingerprint density at radius 3 is 2.59 bits per heavy atom. The lowest BCUT2D eigenvalue weighted by Crippen LogP contribution is -2.55. The molecule has 2 saturated heterocycles. The zero-order valence-electron chi connectivity index (χ0n) is 22.6. The maximum atomic E-state index is 16.9. The van der Waals surface area contributed by atoms with E-state index < -0.39 is 17.7 Å². The van der Waals surface area contributed by atoms with E-state index in [0.29, 0.717) is 23.3 Å². The van der Waals surface area contributed by atoms with E-state index in [2.05, 4.69) is 14.8 Å². The van der Waals surface area contributed by atoms with Gasteiger partial charge < -0.3 is 29.6 Å². The maximum Gasteiger partial charge on any atom is 0.318 e. The van der Waals surface area contributed by atoms with E-state index in [-0.39, 0.29) is 70.4 Å². The summed E-state index contributed by atoms with van der Waals surface area (Å²) in [5, 5.41) is 20.4. The predicted octanol–water partition coefficient (Wildman–Crippen LogP) is 3.85. The summed E-state index contributed by atoms with van der Waals surface area (Å²) in [5.74, 6) is -0.998. The van der Waals surface area contributed by atoms with Gasteiger partial charge in [0.2, 0.25) is 5.88 Å². The minimum Gasteiger partial charge on any atom is -0.467 e. The molecule has 3 atom stereocenters. The Morgan fingerprint density at radius 1 is 1.17 bits per heavy atom. The molecule has 41 heavy (non-hydrogen) atoms. The number of nitriles is 1. The molecule has 0 saturated carbocycles. The Balaban J connectivity index is 1.48. The van der Waals surface area contributed by atoms with E-state index in [1.165, 1.54) is 19.2 Å². The number of aliphatic hydroxyl groups excluding tert-OH is 1. The van der Waals surface area contributed by atoms with Crippen LogP contribution in [0.15, 0.2) is 16.5 Å². The average Bonchev–Trinajstić information content (AvgIpc) is 3.63. The van der Waals surface area contributed by atoms with Crippen molar-refractivity contribution in [3.05, 3.63) is 40.5 Å². The van der Waals surface area contributed by atoms with Gasteiger partial charge >= 0.3 is 6.01 Å². The van der Waals surface area contributed by atoms with Crippen molar-refractivity contribution in [2.24, 2.45) is 0 Å². The fourth-order valence-corrected chi connectivity index (χ4v) is 6.92. The molecule has 0 radical (unpaired) electrons. The number of hydrogen-bond donors (Lipinski definition) is 2. The van der Waals surface area contributed by atoms with E-state index in [9.17, 15) is 14.8 Å². The van der Waals surface area contributed by atoms with Crippen molar-refractivity contribution in [2.45, 2.75) is 51.2 Å². The molecule has 0 spiro atoms. The third kappa shape index (κ3) is 3.83. The first-order valence-corrected chi connectivity index (χ1v) is 13.6. The Bertz CT molecular complexity index is 1750. The monoisotopic (exact) mass is 562 g/mol. The molecule has 3 aliphatic heterocycles. The lowest BCUT2D eigenvalue weighted by molar-refractivity contribution is 0.111. The van der Waals surface area contributed by atoms with Gasteiger partial charge in [-0.2, -0.15) is 15.2 Å². The van der Waals surface area contributed by atoms with Crippen LogP contribution in [0.2, 0.25) is 0 Å². The van der Waals surface area contributed by atoms with Crippen LogP contribution in [0.5, 0.6) is 6.01 Å². The van der Waals surface area contributed by atoms with Crippen molar-refractivity contribution in [1.82, 2.24) is 14.9 Å². The molecule has 0 aliphatic carbocycles. The number of nitrogens with zero attached hydrogens (tertiary/aromatic N) is 5. The van der Waals surface area contributed by atoms with Gasteiger partial charge in [0.25, 0.3) is 0 Å². The number of nitrogens with two attached hydrogens (primary N) is 1. The molecule has 4 aromatic rings. The topological polar surface area (TPSA) is 134 Å². The predicted molar refractivity (Wildman–Crippen MR) is 146 cm³/mol. The summed E-state index contributed by atoms with van der Waals surface area (Å²) in [6.45, 7) is 4.20. The number of nitrogen functional groups attached to an aromatic ring is 1. The molecule has 2 aromatic carbocycles. The second-order valence-corrected chi connectivity index (χ2v) is 11.0. The number of methoxy groups -OCH3 is 1. The van der Waals surface area contributed by atoms with Gasteiger partial charge in [-0.1, -0.05) is 6.07 Å². The second-order valence-electron chi connectivity index (χ2n) is 11.0. The molecule has 0 amide bonds. The number of rotatable bonds is 5. The number of β-amino-alcohol motifs (C(OH)–C–C–N with tert-alkyl or cyclic N) is 1. The number of anilines is 2. The fraction of sp³-hybridized carbons (Fsp3) is 0.414. The van der Waals surface area contributed by atoms with Crippen LogP contribution >= 0.6 is 0 Å². The number of benzene rings is 2. The van der Waals surface area contributed by atoms with Gasteiger partial charge in [0.1, 0.15) is 23.0 Å². The molecule has 2 bridgehead atoms. The van der Waals surface area contributed by atoms with Gasteiger partial charge in [0, 0.05) is 37.3 Å². The first-order chi connectivity index (χ1) is 19.8. The van der Waals surface area contributed by atoms with Crippen molar-refractivity contribution < 1.29 is 27.8 Å². The van der Waals surface area contributed by atoms with Crippen LogP contribution in [0.1, 0.15) is 36.5 Å². The summed E-state index contributed by atoms with van der Waals surface area (Å²) < 4.78 is 48.3. The zero-order valence-corrected chi connectivity index (χ0v) is 22.6. The Hall–Kier alpha value is -4.05. The molecule has 2 fully saturated rings. The summed E-state index contributed by atoms with van der Waals surface area (Å²) in [5.41, 5.74) is 7.44. The van der Waals surface area contributed by atoms with Gasteiger partial charge in [-0.3, -0.25) is 4.90 Å². The number of fused-ring (bicyclic) bond motifs is 6. The standard InChI is InChI=1S/C29H28F2N6O4/c1-13(38)8-36-9-14-3-4-15(10-36)37(14)28-23-19-12-40-11-18(19)21(24(31)25(23)34-29(35-28)39-2)16-5-6-20(30)26-22(16)17(7-32)27(33)41-26/h5-6,13-15,38H,3-4,8-12,33H2,1-2H3. The minimum absolute atomic E-state index is 0.0246. The smallest absolute Gasteiger partial charge is 0.318 e. The lowest BCUT2D eigenvalue weighted by Gasteiger charge is -2.42. The molecular formula is C29H28F2N6O4. The van der Waals surface area contributed by atoms with Gasteiger partial charge in [-0.05, 0) is 42.5 Å². The van der Waals surface area contributed by atoms with Crippen LogP contribution in [-0.4, -0.2) is 64.9 Å². The van der Waals surface area contributed by atoms with Crippen molar-refractivity contribution in [1.29, 1.82) is 5.26 Å². The SMILES string of the molecule is COc1nc(N2C3CCC2CN(CC(C)O)C3)c2c3c(c(-c4ccc(F)c5oc(N)c(C#N)c45)c(F)c2n1)COC3. The minimum atomic E-state index is -0.706. The van der Waals surface area contributed by atoms with Crippen molar-refractivity contribution in [3.63, 3.8) is 0 Å². The quantitative estimate of drug-likeness (QED) is 0.369. The van der Waals surface area contributed by atoms with Crippen LogP contribution < -0.4 is 15.4 Å². The van der Waals surface area contributed by atoms with Gasteiger partial charge in [0.15, 0.2) is 17.2 Å². The highest BCUT2D eigenvalue weighted by Crippen LogP contribution is 2.47. The van der Waals surface area contributed by atoms with Crippen molar-refractivity contribution in [2.75, 3.05) is 37.4 Å². The van der Waals surface area contributed by atoms with E-state index in [4.69, 9.17) is 24.6 Å². The largest absolute Gasteiger partial charge is 0.467 e. The zero-order chi connectivity index (χ0) is 28.6. The van der Waals surface area contributed by atoms with Crippen molar-refractivity contribution >= 4 is 33.6 Å². The molecule has 3 unspecified atom stereocenters. The first-order valence-electron chi connectivity index (χ1n) is 13.6.